The van der Waals surface area contributed by atoms with Crippen molar-refractivity contribution in [1.29, 1.82) is 0 Å². The van der Waals surface area contributed by atoms with Crippen molar-refractivity contribution in [2.75, 3.05) is 14.1 Å². The van der Waals surface area contributed by atoms with Gasteiger partial charge < -0.3 is 4.90 Å². The van der Waals surface area contributed by atoms with Crippen molar-refractivity contribution >= 4 is 11.7 Å². The van der Waals surface area contributed by atoms with Gasteiger partial charge in [-0.1, -0.05) is 24.1 Å². The lowest BCUT2D eigenvalue weighted by molar-refractivity contribution is -0.140. The number of likely N-dealkylation sites (N-methyl/N-ethyl adjacent to an activating group) is 1. The van der Waals surface area contributed by atoms with E-state index < -0.39 is 11.7 Å². The van der Waals surface area contributed by atoms with Crippen LogP contribution in [0.25, 0.3) is 0 Å². The molecule has 3 heteroatoms. The van der Waals surface area contributed by atoms with Crippen LogP contribution in [0, 0.1) is 11.8 Å². The Morgan fingerprint density at radius 3 is 2.27 bits per heavy atom. The van der Waals surface area contributed by atoms with E-state index in [-0.39, 0.29) is 0 Å². The predicted octanol–water partition coefficient (Wildman–Crippen LogP) is 0.695. The molecular weight excluding hydrogens is 190 g/mol. The maximum atomic E-state index is 11.2. The van der Waals surface area contributed by atoms with E-state index in [0.29, 0.717) is 0 Å². The second-order valence-electron chi connectivity index (χ2n) is 3.14. The Hall–Kier alpha value is -2.08. The lowest BCUT2D eigenvalue weighted by atomic mass is 10.2. The van der Waals surface area contributed by atoms with Crippen molar-refractivity contribution in [3.05, 3.63) is 35.9 Å². The Kier molecular flexibility index (Phi) is 3.64. The summed E-state index contributed by atoms with van der Waals surface area (Å²) >= 11 is 0. The maximum absolute atomic E-state index is 11.2. The van der Waals surface area contributed by atoms with E-state index in [9.17, 15) is 9.59 Å². The molecule has 3 nitrogen and oxygen atoms in total. The van der Waals surface area contributed by atoms with Gasteiger partial charge >= 0.3 is 5.91 Å². The zero-order valence-corrected chi connectivity index (χ0v) is 8.65. The van der Waals surface area contributed by atoms with Gasteiger partial charge in [0.25, 0.3) is 5.78 Å². The van der Waals surface area contributed by atoms with Crippen molar-refractivity contribution in [2.45, 2.75) is 0 Å². The molecule has 76 valence electrons. The third-order valence-electron chi connectivity index (χ3n) is 1.69. The maximum Gasteiger partial charge on any atom is 0.302 e. The van der Waals surface area contributed by atoms with Crippen LogP contribution in [0.15, 0.2) is 30.3 Å². The number of hydrogen-bond donors (Lipinski definition) is 0. The molecule has 0 N–H and O–H groups in total. The molecule has 0 aliphatic carbocycles. The summed E-state index contributed by atoms with van der Waals surface area (Å²) < 4.78 is 0. The fourth-order valence-electron chi connectivity index (χ4n) is 0.907. The van der Waals surface area contributed by atoms with Gasteiger partial charge in [0.1, 0.15) is 0 Å². The largest absolute Gasteiger partial charge is 0.341 e. The van der Waals surface area contributed by atoms with Crippen molar-refractivity contribution in [2.24, 2.45) is 0 Å². The number of amides is 1. The minimum atomic E-state index is -0.691. The Morgan fingerprint density at radius 2 is 1.73 bits per heavy atom. The standard InChI is InChI=1S/C12H11NO2/c1-13(2)12(15)11(14)9-8-10-6-4-3-5-7-10/h3-7H,1-2H3. The van der Waals surface area contributed by atoms with Crippen LogP contribution in [-0.4, -0.2) is 30.7 Å². The van der Waals surface area contributed by atoms with E-state index in [4.69, 9.17) is 0 Å². The molecular formula is C12H11NO2. The summed E-state index contributed by atoms with van der Waals surface area (Å²) in [7, 11) is 3.04. The lowest BCUT2D eigenvalue weighted by Crippen LogP contribution is -2.28. The third kappa shape index (κ3) is 3.28. The second kappa shape index (κ2) is 4.97. The summed E-state index contributed by atoms with van der Waals surface area (Å²) in [5.74, 6) is 3.64. The molecule has 0 radical (unpaired) electrons. The molecule has 1 aromatic rings. The fraction of sp³-hybridized carbons (Fsp3) is 0.167. The van der Waals surface area contributed by atoms with Crippen molar-refractivity contribution in [3.63, 3.8) is 0 Å². The molecule has 0 aliphatic heterocycles. The van der Waals surface area contributed by atoms with Crippen LogP contribution >= 0.6 is 0 Å². The molecule has 1 aromatic carbocycles. The topological polar surface area (TPSA) is 37.4 Å². The molecule has 0 aliphatic rings. The van der Waals surface area contributed by atoms with Crippen LogP contribution in [0.4, 0.5) is 0 Å². The molecule has 15 heavy (non-hydrogen) atoms. The molecule has 0 heterocycles. The van der Waals surface area contributed by atoms with Crippen LogP contribution in [0.1, 0.15) is 5.56 Å². The van der Waals surface area contributed by atoms with Gasteiger partial charge in [0.15, 0.2) is 0 Å². The first-order chi connectivity index (χ1) is 7.11. The summed E-state index contributed by atoms with van der Waals surface area (Å²) in [6.07, 6.45) is 0. The van der Waals surface area contributed by atoms with Gasteiger partial charge in [-0.15, -0.1) is 0 Å². The van der Waals surface area contributed by atoms with E-state index in [1.54, 1.807) is 12.1 Å². The van der Waals surface area contributed by atoms with Gasteiger partial charge in [0.05, 0.1) is 0 Å². The molecule has 0 saturated heterocycles. The summed E-state index contributed by atoms with van der Waals surface area (Å²) in [6.45, 7) is 0. The summed E-state index contributed by atoms with van der Waals surface area (Å²) in [5.41, 5.74) is 0.720. The summed E-state index contributed by atoms with van der Waals surface area (Å²) in [6, 6.07) is 9.06. The van der Waals surface area contributed by atoms with Crippen LogP contribution in [0.5, 0.6) is 0 Å². The quantitative estimate of drug-likeness (QED) is 0.495. The Bertz CT molecular complexity index is 424. The minimum absolute atomic E-state index is 0.599. The number of rotatable bonds is 1. The Balaban J connectivity index is 2.75. The molecule has 0 unspecified atom stereocenters. The van der Waals surface area contributed by atoms with Gasteiger partial charge in [-0.25, -0.2) is 0 Å². The predicted molar refractivity (Wildman–Crippen MR) is 57.0 cm³/mol. The average molecular weight is 201 g/mol. The van der Waals surface area contributed by atoms with Gasteiger partial charge in [-0.2, -0.15) is 0 Å². The molecule has 1 rings (SSSR count). The first-order valence-corrected chi connectivity index (χ1v) is 4.44. The number of nitrogens with zero attached hydrogens (tertiary/aromatic N) is 1. The minimum Gasteiger partial charge on any atom is -0.341 e. The van der Waals surface area contributed by atoms with Crippen LogP contribution < -0.4 is 0 Å². The lowest BCUT2D eigenvalue weighted by Gasteiger charge is -2.04. The van der Waals surface area contributed by atoms with Crippen molar-refractivity contribution in [1.82, 2.24) is 4.90 Å². The van der Waals surface area contributed by atoms with Gasteiger partial charge in [0, 0.05) is 19.7 Å². The fourth-order valence-corrected chi connectivity index (χ4v) is 0.907. The Labute approximate surface area is 88.7 Å². The monoisotopic (exact) mass is 201 g/mol. The van der Waals surface area contributed by atoms with Crippen LogP contribution in [0.3, 0.4) is 0 Å². The summed E-state index contributed by atoms with van der Waals surface area (Å²) in [4.78, 5) is 23.5. The highest BCUT2D eigenvalue weighted by molar-refractivity contribution is 6.42. The first kappa shape index (κ1) is 11.0. The van der Waals surface area contributed by atoms with Crippen LogP contribution in [0.2, 0.25) is 0 Å². The zero-order chi connectivity index (χ0) is 11.3. The molecule has 0 bridgehead atoms. The highest BCUT2D eigenvalue weighted by atomic mass is 16.2. The second-order valence-corrected chi connectivity index (χ2v) is 3.14. The highest BCUT2D eigenvalue weighted by Crippen LogP contribution is 1.94. The first-order valence-electron chi connectivity index (χ1n) is 4.44. The average Bonchev–Trinajstić information content (AvgIpc) is 2.26. The number of carbonyl (C=O) groups excluding carboxylic acids is 2. The van der Waals surface area contributed by atoms with Gasteiger partial charge in [-0.3, -0.25) is 9.59 Å². The number of ketones is 1. The van der Waals surface area contributed by atoms with E-state index >= 15 is 0 Å². The SMILES string of the molecule is CN(C)C(=O)C(=O)C#Cc1ccccc1. The molecule has 0 aromatic heterocycles. The summed E-state index contributed by atoms with van der Waals surface area (Å²) in [5, 5.41) is 0. The van der Waals surface area contributed by atoms with E-state index in [1.165, 1.54) is 19.0 Å². The van der Waals surface area contributed by atoms with Crippen LogP contribution in [-0.2, 0) is 9.59 Å². The van der Waals surface area contributed by atoms with E-state index in [2.05, 4.69) is 11.8 Å². The number of benzene rings is 1. The van der Waals surface area contributed by atoms with Gasteiger partial charge in [-0.05, 0) is 18.1 Å². The van der Waals surface area contributed by atoms with E-state index in [1.807, 2.05) is 18.2 Å². The Morgan fingerprint density at radius 1 is 1.13 bits per heavy atom. The smallest absolute Gasteiger partial charge is 0.302 e. The molecule has 0 fully saturated rings. The molecule has 0 atom stereocenters. The number of hydrogen-bond acceptors (Lipinski definition) is 2. The normalized spacial score (nSPS) is 8.67. The molecule has 0 spiro atoms. The highest BCUT2D eigenvalue weighted by Gasteiger charge is 2.11. The zero-order valence-electron chi connectivity index (χ0n) is 8.65. The number of Topliss-reactive ketones (excluding diaryl/α,β-unsaturated/α-hetero) is 1. The number of carbonyl (C=O) groups is 2. The van der Waals surface area contributed by atoms with Gasteiger partial charge in [0.2, 0.25) is 0 Å². The van der Waals surface area contributed by atoms with Crippen molar-refractivity contribution < 1.29 is 9.59 Å². The third-order valence-corrected chi connectivity index (χ3v) is 1.69. The molecule has 0 saturated carbocycles. The van der Waals surface area contributed by atoms with E-state index in [0.717, 1.165) is 5.56 Å². The molecule has 1 amide bonds. The van der Waals surface area contributed by atoms with Crippen molar-refractivity contribution in [3.8, 4) is 11.8 Å².